The molecule has 1 atom stereocenters. The molecule has 1 unspecified atom stereocenters. The fourth-order valence-corrected chi connectivity index (χ4v) is 4.60. The molecular formula is C25H28N6O3Si. The molecule has 4 rings (SSSR count). The lowest BCUT2D eigenvalue weighted by molar-refractivity contribution is 0.0696. The van der Waals surface area contributed by atoms with Crippen LogP contribution in [0.2, 0.25) is 25.7 Å². The maximum Gasteiger partial charge on any atom is 0.335 e. The van der Waals surface area contributed by atoms with E-state index in [1.165, 1.54) is 12.4 Å². The summed E-state index contributed by atoms with van der Waals surface area (Å²) in [7, 11) is -1.15. The minimum Gasteiger partial charge on any atom is -0.478 e. The van der Waals surface area contributed by atoms with Gasteiger partial charge in [-0.1, -0.05) is 31.8 Å². The average molecular weight is 489 g/mol. The molecule has 3 aromatic heterocycles. The van der Waals surface area contributed by atoms with Crippen LogP contribution in [0.1, 0.15) is 28.4 Å². The maximum absolute atomic E-state index is 11.4. The summed E-state index contributed by atoms with van der Waals surface area (Å²) in [6, 6.07) is 11.4. The van der Waals surface area contributed by atoms with Crippen molar-refractivity contribution in [3.8, 4) is 17.3 Å². The third-order valence-electron chi connectivity index (χ3n) is 5.78. The molecule has 0 saturated heterocycles. The first kappa shape index (κ1) is 24.3. The second-order valence-electron chi connectivity index (χ2n) is 9.61. The van der Waals surface area contributed by atoms with Gasteiger partial charge in [-0.05, 0) is 29.8 Å². The highest BCUT2D eigenvalue weighted by atomic mass is 28.3. The Labute approximate surface area is 204 Å². The van der Waals surface area contributed by atoms with E-state index in [1.807, 2.05) is 23.0 Å². The quantitative estimate of drug-likeness (QED) is 0.251. The van der Waals surface area contributed by atoms with Crippen molar-refractivity contribution in [3.63, 3.8) is 0 Å². The van der Waals surface area contributed by atoms with Gasteiger partial charge in [0.25, 0.3) is 0 Å². The van der Waals surface area contributed by atoms with Gasteiger partial charge in [0.05, 0.1) is 36.0 Å². The normalized spacial score (nSPS) is 12.5. The molecule has 0 spiro atoms. The van der Waals surface area contributed by atoms with Gasteiger partial charge in [0.15, 0.2) is 0 Å². The standard InChI is InChI=1S/C25H28N6O3Si/c1-35(2,3)12-11-34-17-30-10-8-21-23(27-16-28-24(21)30)20-14-29-31(15-20)22(7-9-26)18-5-4-6-19(13-18)25(32)33/h4-6,8,10,13-16,22H,7,11-12,17H2,1-3H3,(H,32,33). The first-order chi connectivity index (χ1) is 16.8. The van der Waals surface area contributed by atoms with Crippen molar-refractivity contribution in [3.05, 3.63) is 66.4 Å². The summed E-state index contributed by atoms with van der Waals surface area (Å²) in [6.07, 6.45) is 7.15. The van der Waals surface area contributed by atoms with E-state index in [-0.39, 0.29) is 12.0 Å². The number of nitrogens with zero attached hydrogens (tertiary/aromatic N) is 6. The van der Waals surface area contributed by atoms with E-state index >= 15 is 0 Å². The van der Waals surface area contributed by atoms with E-state index in [9.17, 15) is 15.2 Å². The number of benzene rings is 1. The molecule has 3 heterocycles. The fourth-order valence-electron chi connectivity index (χ4n) is 3.84. The van der Waals surface area contributed by atoms with Gasteiger partial charge in [0.2, 0.25) is 0 Å². The molecular weight excluding hydrogens is 460 g/mol. The summed E-state index contributed by atoms with van der Waals surface area (Å²) >= 11 is 0. The first-order valence-electron chi connectivity index (χ1n) is 11.4. The minimum atomic E-state index is -1.15. The molecule has 0 bridgehead atoms. The molecule has 0 aliphatic heterocycles. The summed E-state index contributed by atoms with van der Waals surface area (Å²) in [6.45, 7) is 8.12. The lowest BCUT2D eigenvalue weighted by atomic mass is 10.0. The van der Waals surface area contributed by atoms with Gasteiger partial charge in [-0.15, -0.1) is 0 Å². The van der Waals surface area contributed by atoms with Crippen LogP contribution in [-0.4, -0.2) is 50.1 Å². The second-order valence-corrected chi connectivity index (χ2v) is 15.2. The molecule has 1 N–H and O–H groups in total. The van der Waals surface area contributed by atoms with E-state index in [4.69, 9.17) is 4.74 Å². The Bertz CT molecular complexity index is 1380. The van der Waals surface area contributed by atoms with Gasteiger partial charge in [-0.2, -0.15) is 10.4 Å². The molecule has 35 heavy (non-hydrogen) atoms. The fraction of sp³-hybridized carbons (Fsp3) is 0.320. The van der Waals surface area contributed by atoms with Crippen molar-refractivity contribution in [1.82, 2.24) is 24.3 Å². The van der Waals surface area contributed by atoms with Crippen molar-refractivity contribution in [2.45, 2.75) is 44.9 Å². The summed E-state index contributed by atoms with van der Waals surface area (Å²) in [5.41, 5.74) is 3.17. The summed E-state index contributed by atoms with van der Waals surface area (Å²) < 4.78 is 9.54. The topological polar surface area (TPSA) is 119 Å². The van der Waals surface area contributed by atoms with Crippen LogP contribution in [0.3, 0.4) is 0 Å². The molecule has 0 saturated carbocycles. The second kappa shape index (κ2) is 10.2. The number of nitriles is 1. The zero-order valence-electron chi connectivity index (χ0n) is 20.0. The van der Waals surface area contributed by atoms with Crippen molar-refractivity contribution in [2.24, 2.45) is 0 Å². The van der Waals surface area contributed by atoms with Crippen molar-refractivity contribution in [2.75, 3.05) is 6.61 Å². The largest absolute Gasteiger partial charge is 0.478 e. The van der Waals surface area contributed by atoms with Gasteiger partial charge in [-0.25, -0.2) is 14.8 Å². The summed E-state index contributed by atoms with van der Waals surface area (Å²) in [5, 5.41) is 24.1. The molecule has 1 aromatic carbocycles. The number of rotatable bonds is 10. The molecule has 180 valence electrons. The van der Waals surface area contributed by atoms with Crippen LogP contribution in [0, 0.1) is 11.3 Å². The highest BCUT2D eigenvalue weighted by Crippen LogP contribution is 2.29. The van der Waals surface area contributed by atoms with E-state index < -0.39 is 20.1 Å². The molecule has 0 fully saturated rings. The molecule has 0 radical (unpaired) electrons. The Morgan fingerprint density at radius 1 is 1.26 bits per heavy atom. The molecule has 10 heteroatoms. The molecule has 9 nitrogen and oxygen atoms in total. The van der Waals surface area contributed by atoms with Crippen molar-refractivity contribution >= 4 is 25.1 Å². The van der Waals surface area contributed by atoms with E-state index in [1.54, 1.807) is 29.1 Å². The third-order valence-corrected chi connectivity index (χ3v) is 7.48. The number of aromatic carboxylic acids is 1. The van der Waals surface area contributed by atoms with Crippen LogP contribution in [0.25, 0.3) is 22.3 Å². The number of carbonyl (C=O) groups is 1. The monoisotopic (exact) mass is 488 g/mol. The zero-order chi connectivity index (χ0) is 25.0. The Balaban J connectivity index is 1.60. The average Bonchev–Trinajstić information content (AvgIpc) is 3.47. The van der Waals surface area contributed by atoms with Crippen LogP contribution in [0.5, 0.6) is 0 Å². The van der Waals surface area contributed by atoms with Crippen molar-refractivity contribution < 1.29 is 14.6 Å². The number of ether oxygens (including phenoxy) is 1. The zero-order valence-corrected chi connectivity index (χ0v) is 21.0. The van der Waals surface area contributed by atoms with Gasteiger partial charge >= 0.3 is 5.97 Å². The Morgan fingerprint density at radius 3 is 2.83 bits per heavy atom. The maximum atomic E-state index is 11.4. The molecule has 0 aliphatic rings. The van der Waals surface area contributed by atoms with Gasteiger partial charge in [-0.3, -0.25) is 4.68 Å². The van der Waals surface area contributed by atoms with Crippen LogP contribution < -0.4 is 0 Å². The molecule has 0 aliphatic carbocycles. The minimum absolute atomic E-state index is 0.147. The van der Waals surface area contributed by atoms with E-state index in [2.05, 4.69) is 40.8 Å². The lowest BCUT2D eigenvalue weighted by Crippen LogP contribution is -2.22. The van der Waals surface area contributed by atoms with Crippen LogP contribution in [0.15, 0.2) is 55.2 Å². The highest BCUT2D eigenvalue weighted by molar-refractivity contribution is 6.76. The Kier molecular flexibility index (Phi) is 7.09. The van der Waals surface area contributed by atoms with Crippen LogP contribution >= 0.6 is 0 Å². The first-order valence-corrected chi connectivity index (χ1v) is 15.1. The highest BCUT2D eigenvalue weighted by Gasteiger charge is 2.19. The van der Waals surface area contributed by atoms with Gasteiger partial charge < -0.3 is 14.4 Å². The smallest absolute Gasteiger partial charge is 0.335 e. The van der Waals surface area contributed by atoms with Crippen LogP contribution in [-0.2, 0) is 11.5 Å². The van der Waals surface area contributed by atoms with Gasteiger partial charge in [0.1, 0.15) is 18.7 Å². The number of hydrogen-bond acceptors (Lipinski definition) is 6. The lowest BCUT2D eigenvalue weighted by Gasteiger charge is -2.15. The van der Waals surface area contributed by atoms with Crippen LogP contribution in [0.4, 0.5) is 0 Å². The van der Waals surface area contributed by atoms with E-state index in [0.29, 0.717) is 12.3 Å². The summed E-state index contributed by atoms with van der Waals surface area (Å²) in [5.74, 6) is -1.01. The predicted octanol–water partition coefficient (Wildman–Crippen LogP) is 4.81. The number of aromatic nitrogens is 5. The molecule has 0 amide bonds. The number of carboxylic acids is 1. The predicted molar refractivity (Wildman–Crippen MR) is 135 cm³/mol. The Morgan fingerprint density at radius 2 is 2.09 bits per heavy atom. The summed E-state index contributed by atoms with van der Waals surface area (Å²) in [4.78, 5) is 20.3. The van der Waals surface area contributed by atoms with Crippen molar-refractivity contribution in [1.29, 1.82) is 5.26 Å². The third kappa shape index (κ3) is 5.64. The molecule has 4 aromatic rings. The Hall–Kier alpha value is -3.81. The SMILES string of the molecule is C[Si](C)(C)CCOCn1ccc2c(-c3cnn(C(CC#N)c4cccc(C(=O)O)c4)c3)ncnc21. The van der Waals surface area contributed by atoms with Gasteiger partial charge in [0, 0.05) is 38.0 Å². The number of fused-ring (bicyclic) bond motifs is 1. The number of carboxylic acid groups (broad SMARTS) is 1. The number of hydrogen-bond donors (Lipinski definition) is 1. The van der Waals surface area contributed by atoms with E-state index in [0.717, 1.165) is 34.9 Å².